The Morgan fingerprint density at radius 1 is 1.22 bits per heavy atom. The van der Waals surface area contributed by atoms with Crippen LogP contribution in [0.25, 0.3) is 0 Å². The van der Waals surface area contributed by atoms with Gasteiger partial charge in [0.2, 0.25) is 0 Å². The van der Waals surface area contributed by atoms with Crippen LogP contribution in [-0.2, 0) is 0 Å². The average Bonchev–Trinajstić information content (AvgIpc) is 2.38. The summed E-state index contributed by atoms with van der Waals surface area (Å²) in [6, 6.07) is 5.40. The SMILES string of the molecule is COc1ccc([C@H](C)O)c(OCCCCCO)c1. The molecule has 0 fully saturated rings. The fourth-order valence-corrected chi connectivity index (χ4v) is 1.68. The molecule has 0 unspecified atom stereocenters. The average molecular weight is 254 g/mol. The van der Waals surface area contributed by atoms with Gasteiger partial charge in [-0.05, 0) is 38.3 Å². The van der Waals surface area contributed by atoms with E-state index in [9.17, 15) is 5.11 Å². The summed E-state index contributed by atoms with van der Waals surface area (Å²) >= 11 is 0. The van der Waals surface area contributed by atoms with Crippen molar-refractivity contribution in [1.82, 2.24) is 0 Å². The molecule has 0 aromatic heterocycles. The smallest absolute Gasteiger partial charge is 0.128 e. The molecule has 4 nitrogen and oxygen atoms in total. The first-order chi connectivity index (χ1) is 8.69. The fraction of sp³-hybridized carbons (Fsp3) is 0.571. The Balaban J connectivity index is 2.60. The van der Waals surface area contributed by atoms with Crippen molar-refractivity contribution in [2.24, 2.45) is 0 Å². The summed E-state index contributed by atoms with van der Waals surface area (Å²) in [5.41, 5.74) is 0.762. The van der Waals surface area contributed by atoms with E-state index in [4.69, 9.17) is 14.6 Å². The minimum absolute atomic E-state index is 0.220. The quantitative estimate of drug-likeness (QED) is 0.699. The van der Waals surface area contributed by atoms with E-state index in [1.165, 1.54) is 0 Å². The number of methoxy groups -OCH3 is 1. The second kappa shape index (κ2) is 7.95. The molecule has 1 aromatic rings. The van der Waals surface area contributed by atoms with Crippen LogP contribution < -0.4 is 9.47 Å². The summed E-state index contributed by atoms with van der Waals surface area (Å²) in [5, 5.41) is 18.3. The Labute approximate surface area is 108 Å². The van der Waals surface area contributed by atoms with Crippen molar-refractivity contribution < 1.29 is 19.7 Å². The molecule has 0 bridgehead atoms. The largest absolute Gasteiger partial charge is 0.497 e. The zero-order chi connectivity index (χ0) is 13.4. The van der Waals surface area contributed by atoms with Crippen molar-refractivity contribution in [3.05, 3.63) is 23.8 Å². The number of hydrogen-bond acceptors (Lipinski definition) is 4. The molecule has 0 aliphatic heterocycles. The lowest BCUT2D eigenvalue weighted by Gasteiger charge is -2.14. The summed E-state index contributed by atoms with van der Waals surface area (Å²) in [4.78, 5) is 0. The molecular formula is C14H22O4. The molecule has 4 heteroatoms. The van der Waals surface area contributed by atoms with Gasteiger partial charge in [-0.1, -0.05) is 0 Å². The summed E-state index contributed by atoms with van der Waals surface area (Å²) in [6.45, 7) is 2.51. The number of aliphatic hydroxyl groups is 2. The van der Waals surface area contributed by atoms with Crippen molar-refractivity contribution in [3.63, 3.8) is 0 Å². The zero-order valence-corrected chi connectivity index (χ0v) is 11.1. The first-order valence-corrected chi connectivity index (χ1v) is 6.28. The van der Waals surface area contributed by atoms with Crippen LogP contribution in [0.5, 0.6) is 11.5 Å². The molecule has 0 spiro atoms. The van der Waals surface area contributed by atoms with E-state index in [0.717, 1.165) is 24.8 Å². The molecular weight excluding hydrogens is 232 g/mol. The summed E-state index contributed by atoms with van der Waals surface area (Å²) < 4.78 is 10.8. The van der Waals surface area contributed by atoms with E-state index in [0.29, 0.717) is 18.1 Å². The van der Waals surface area contributed by atoms with Gasteiger partial charge in [-0.25, -0.2) is 0 Å². The van der Waals surface area contributed by atoms with Crippen molar-refractivity contribution in [1.29, 1.82) is 0 Å². The third-order valence-corrected chi connectivity index (χ3v) is 2.73. The Kier molecular flexibility index (Phi) is 6.54. The maximum Gasteiger partial charge on any atom is 0.128 e. The second-order valence-corrected chi connectivity index (χ2v) is 4.21. The second-order valence-electron chi connectivity index (χ2n) is 4.21. The predicted molar refractivity (Wildman–Crippen MR) is 70.1 cm³/mol. The van der Waals surface area contributed by atoms with Gasteiger partial charge >= 0.3 is 0 Å². The number of benzene rings is 1. The minimum atomic E-state index is -0.566. The Morgan fingerprint density at radius 2 is 2.00 bits per heavy atom. The van der Waals surface area contributed by atoms with Gasteiger partial charge in [0.05, 0.1) is 19.8 Å². The molecule has 102 valence electrons. The molecule has 0 amide bonds. The van der Waals surface area contributed by atoms with Crippen LogP contribution >= 0.6 is 0 Å². The van der Waals surface area contributed by atoms with Gasteiger partial charge in [0, 0.05) is 18.2 Å². The van der Waals surface area contributed by atoms with Gasteiger partial charge in [0.1, 0.15) is 11.5 Å². The van der Waals surface area contributed by atoms with Crippen molar-refractivity contribution in [3.8, 4) is 11.5 Å². The van der Waals surface area contributed by atoms with Gasteiger partial charge < -0.3 is 19.7 Å². The maximum atomic E-state index is 9.66. The Bertz CT molecular complexity index is 350. The molecule has 2 N–H and O–H groups in total. The van der Waals surface area contributed by atoms with E-state index in [1.54, 1.807) is 26.2 Å². The lowest BCUT2D eigenvalue weighted by Crippen LogP contribution is -2.03. The monoisotopic (exact) mass is 254 g/mol. The van der Waals surface area contributed by atoms with Gasteiger partial charge in [-0.2, -0.15) is 0 Å². The molecule has 0 saturated heterocycles. The normalized spacial score (nSPS) is 12.2. The predicted octanol–water partition coefficient (Wildman–Crippen LogP) is 2.29. The highest BCUT2D eigenvalue weighted by molar-refractivity contribution is 5.41. The minimum Gasteiger partial charge on any atom is -0.497 e. The van der Waals surface area contributed by atoms with Crippen LogP contribution in [0.3, 0.4) is 0 Å². The molecule has 0 radical (unpaired) electrons. The van der Waals surface area contributed by atoms with E-state index >= 15 is 0 Å². The number of aliphatic hydroxyl groups excluding tert-OH is 2. The Morgan fingerprint density at radius 3 is 2.61 bits per heavy atom. The highest BCUT2D eigenvalue weighted by Gasteiger charge is 2.10. The topological polar surface area (TPSA) is 58.9 Å². The summed E-state index contributed by atoms with van der Waals surface area (Å²) in [5.74, 6) is 1.37. The van der Waals surface area contributed by atoms with Crippen LogP contribution in [0.1, 0.15) is 37.9 Å². The van der Waals surface area contributed by atoms with Gasteiger partial charge in [-0.3, -0.25) is 0 Å². The number of rotatable bonds is 8. The number of unbranched alkanes of at least 4 members (excludes halogenated alkanes) is 2. The number of hydrogen-bond donors (Lipinski definition) is 2. The maximum absolute atomic E-state index is 9.66. The first kappa shape index (κ1) is 14.8. The fourth-order valence-electron chi connectivity index (χ4n) is 1.68. The van der Waals surface area contributed by atoms with Crippen LogP contribution in [0.15, 0.2) is 18.2 Å². The highest BCUT2D eigenvalue weighted by atomic mass is 16.5. The number of ether oxygens (including phenoxy) is 2. The first-order valence-electron chi connectivity index (χ1n) is 6.28. The lowest BCUT2D eigenvalue weighted by molar-refractivity contribution is 0.190. The molecule has 0 heterocycles. The molecule has 0 aliphatic rings. The molecule has 0 aliphatic carbocycles. The molecule has 0 saturated carbocycles. The van der Waals surface area contributed by atoms with E-state index in [1.807, 2.05) is 6.07 Å². The van der Waals surface area contributed by atoms with Crippen LogP contribution in [-0.4, -0.2) is 30.5 Å². The summed E-state index contributed by atoms with van der Waals surface area (Å²) in [6.07, 6.45) is 2.05. The van der Waals surface area contributed by atoms with Crippen LogP contribution in [0.4, 0.5) is 0 Å². The van der Waals surface area contributed by atoms with Crippen LogP contribution in [0, 0.1) is 0 Å². The summed E-state index contributed by atoms with van der Waals surface area (Å²) in [7, 11) is 1.60. The molecule has 18 heavy (non-hydrogen) atoms. The van der Waals surface area contributed by atoms with E-state index in [2.05, 4.69) is 0 Å². The third kappa shape index (κ3) is 4.55. The lowest BCUT2D eigenvalue weighted by atomic mass is 10.1. The van der Waals surface area contributed by atoms with E-state index < -0.39 is 6.10 Å². The van der Waals surface area contributed by atoms with Crippen molar-refractivity contribution >= 4 is 0 Å². The van der Waals surface area contributed by atoms with Gasteiger partial charge in [-0.15, -0.1) is 0 Å². The molecule has 1 aromatic carbocycles. The van der Waals surface area contributed by atoms with Gasteiger partial charge in [0.15, 0.2) is 0 Å². The Hall–Kier alpha value is -1.26. The van der Waals surface area contributed by atoms with E-state index in [-0.39, 0.29) is 6.61 Å². The zero-order valence-electron chi connectivity index (χ0n) is 11.1. The highest BCUT2D eigenvalue weighted by Crippen LogP contribution is 2.29. The molecule has 1 atom stereocenters. The standard InChI is InChI=1S/C14H22O4/c1-11(16)13-7-6-12(17-2)10-14(13)18-9-5-3-4-8-15/h6-7,10-11,15-16H,3-5,8-9H2,1-2H3/t11-/m0/s1. The third-order valence-electron chi connectivity index (χ3n) is 2.73. The van der Waals surface area contributed by atoms with Crippen molar-refractivity contribution in [2.45, 2.75) is 32.3 Å². The van der Waals surface area contributed by atoms with Gasteiger partial charge in [0.25, 0.3) is 0 Å². The molecule has 1 rings (SSSR count). The van der Waals surface area contributed by atoms with Crippen LogP contribution in [0.2, 0.25) is 0 Å². The van der Waals surface area contributed by atoms with Crippen molar-refractivity contribution in [2.75, 3.05) is 20.3 Å².